The highest BCUT2D eigenvalue weighted by Gasteiger charge is 2.19. The lowest BCUT2D eigenvalue weighted by atomic mass is 10.3. The summed E-state index contributed by atoms with van der Waals surface area (Å²) in [4.78, 5) is 4.43. The molecule has 0 saturated carbocycles. The molecule has 0 aliphatic heterocycles. The van der Waals surface area contributed by atoms with E-state index < -0.39 is 10.0 Å². The maximum Gasteiger partial charge on any atom is 0.257 e. The van der Waals surface area contributed by atoms with Crippen LogP contribution >= 0.6 is 0 Å². The average molecular weight is 335 g/mol. The van der Waals surface area contributed by atoms with Crippen LogP contribution in [0.25, 0.3) is 5.65 Å². The molecule has 3 heterocycles. The maximum atomic E-state index is 12.3. The zero-order chi connectivity index (χ0) is 16.3. The second-order valence-corrected chi connectivity index (χ2v) is 6.65. The van der Waals surface area contributed by atoms with Crippen molar-refractivity contribution in [2.45, 2.75) is 18.2 Å². The van der Waals surface area contributed by atoms with Gasteiger partial charge in [0.15, 0.2) is 5.03 Å². The Bertz CT molecular complexity index is 867. The lowest BCUT2D eigenvalue weighted by Gasteiger charge is -2.08. The Kier molecular flexibility index (Phi) is 4.42. The van der Waals surface area contributed by atoms with Gasteiger partial charge < -0.3 is 9.14 Å². The second-order valence-electron chi connectivity index (χ2n) is 4.93. The number of nitrogens with zero attached hydrogens (tertiary/aromatic N) is 4. The van der Waals surface area contributed by atoms with Gasteiger partial charge in [-0.05, 0) is 18.2 Å². The molecule has 0 unspecified atom stereocenters. The van der Waals surface area contributed by atoms with Gasteiger partial charge in [0.05, 0.1) is 11.9 Å². The third-order valence-corrected chi connectivity index (χ3v) is 4.77. The van der Waals surface area contributed by atoms with Gasteiger partial charge in [0.25, 0.3) is 10.0 Å². The smallest absolute Gasteiger partial charge is 0.257 e. The molecular weight excluding hydrogens is 318 g/mol. The molecule has 3 rings (SSSR count). The first-order valence-corrected chi connectivity index (χ1v) is 8.51. The minimum Gasteiger partial charge on any atom is -0.362 e. The van der Waals surface area contributed by atoms with Crippen molar-refractivity contribution in [3.63, 3.8) is 0 Å². The summed E-state index contributed by atoms with van der Waals surface area (Å²) in [7, 11) is -2.15. The van der Waals surface area contributed by atoms with Gasteiger partial charge in [0.1, 0.15) is 12.4 Å². The number of fused-ring (bicyclic) bond motifs is 1. The van der Waals surface area contributed by atoms with Gasteiger partial charge in [-0.1, -0.05) is 6.07 Å². The largest absolute Gasteiger partial charge is 0.362 e. The number of imidazole rings is 1. The number of methoxy groups -OCH3 is 1. The standard InChI is InChI=1S/C14H17N5O3S/c1-22-11-19-14(6-7-15-19)23(20,21)16-8-5-12-10-18-9-3-2-4-13(18)17-12/h2-4,6-7,9-10,16H,5,8,11H2,1H3. The molecule has 0 aliphatic rings. The van der Waals surface area contributed by atoms with Crippen LogP contribution in [0, 0.1) is 0 Å². The van der Waals surface area contributed by atoms with E-state index in [2.05, 4.69) is 14.8 Å². The van der Waals surface area contributed by atoms with Crippen LogP contribution in [0.2, 0.25) is 0 Å². The number of nitrogens with one attached hydrogen (secondary N) is 1. The van der Waals surface area contributed by atoms with Gasteiger partial charge >= 0.3 is 0 Å². The molecule has 0 fully saturated rings. The molecule has 23 heavy (non-hydrogen) atoms. The van der Waals surface area contributed by atoms with Crippen LogP contribution in [0.15, 0.2) is 47.9 Å². The Morgan fingerprint density at radius 3 is 2.96 bits per heavy atom. The van der Waals surface area contributed by atoms with Crippen molar-refractivity contribution >= 4 is 15.7 Å². The summed E-state index contributed by atoms with van der Waals surface area (Å²) < 4.78 is 35.3. The molecule has 1 N–H and O–H groups in total. The predicted octanol–water partition coefficient (Wildman–Crippen LogP) is 0.656. The zero-order valence-electron chi connectivity index (χ0n) is 12.6. The molecule has 0 aromatic carbocycles. The van der Waals surface area contributed by atoms with Crippen molar-refractivity contribution in [2.24, 2.45) is 0 Å². The molecule has 0 amide bonds. The first-order valence-electron chi connectivity index (χ1n) is 7.03. The van der Waals surface area contributed by atoms with Crippen LogP contribution < -0.4 is 4.72 Å². The first-order chi connectivity index (χ1) is 11.1. The molecule has 8 nitrogen and oxygen atoms in total. The minimum absolute atomic E-state index is 0.0781. The van der Waals surface area contributed by atoms with Crippen LogP contribution in [0.5, 0.6) is 0 Å². The molecule has 0 atom stereocenters. The highest BCUT2D eigenvalue weighted by molar-refractivity contribution is 7.89. The lowest BCUT2D eigenvalue weighted by molar-refractivity contribution is 0.112. The van der Waals surface area contributed by atoms with Crippen molar-refractivity contribution in [3.05, 3.63) is 48.5 Å². The summed E-state index contributed by atoms with van der Waals surface area (Å²) in [5.74, 6) is 0. The van der Waals surface area contributed by atoms with Crippen molar-refractivity contribution in [3.8, 4) is 0 Å². The van der Waals surface area contributed by atoms with E-state index in [-0.39, 0.29) is 18.3 Å². The number of hydrogen-bond donors (Lipinski definition) is 1. The van der Waals surface area contributed by atoms with E-state index in [1.165, 1.54) is 24.1 Å². The Hall–Kier alpha value is -2.23. The van der Waals surface area contributed by atoms with Gasteiger partial charge in [0.2, 0.25) is 0 Å². The molecule has 9 heteroatoms. The van der Waals surface area contributed by atoms with Gasteiger partial charge in [-0.3, -0.25) is 0 Å². The summed E-state index contributed by atoms with van der Waals surface area (Å²) in [6, 6.07) is 7.16. The van der Waals surface area contributed by atoms with Crippen LogP contribution in [0.4, 0.5) is 0 Å². The van der Waals surface area contributed by atoms with E-state index in [9.17, 15) is 8.42 Å². The molecule has 0 bridgehead atoms. The van der Waals surface area contributed by atoms with Crippen molar-refractivity contribution in [1.29, 1.82) is 0 Å². The SMILES string of the molecule is COCn1nccc1S(=O)(=O)NCCc1cn2ccccc2n1. The minimum atomic E-state index is -3.63. The fraction of sp³-hybridized carbons (Fsp3) is 0.286. The van der Waals surface area contributed by atoms with Crippen LogP contribution in [-0.4, -0.2) is 41.2 Å². The van der Waals surface area contributed by atoms with Gasteiger partial charge in [0, 0.05) is 32.5 Å². The summed E-state index contributed by atoms with van der Waals surface area (Å²) in [6.45, 7) is 0.333. The van der Waals surface area contributed by atoms with Crippen LogP contribution in [0.3, 0.4) is 0 Å². The molecule has 0 aliphatic carbocycles. The van der Waals surface area contributed by atoms with Gasteiger partial charge in [-0.25, -0.2) is 22.8 Å². The molecular formula is C14H17N5O3S. The summed E-state index contributed by atoms with van der Waals surface area (Å²) >= 11 is 0. The first kappa shape index (κ1) is 15.7. The summed E-state index contributed by atoms with van der Waals surface area (Å²) in [5, 5.41) is 4.00. The number of ether oxygens (including phenoxy) is 1. The lowest BCUT2D eigenvalue weighted by Crippen LogP contribution is -2.28. The molecule has 122 valence electrons. The summed E-state index contributed by atoms with van der Waals surface area (Å²) in [5.41, 5.74) is 1.66. The fourth-order valence-corrected chi connectivity index (χ4v) is 3.40. The number of hydrogen-bond acceptors (Lipinski definition) is 5. The molecule has 0 radical (unpaired) electrons. The van der Waals surface area contributed by atoms with E-state index in [0.29, 0.717) is 6.42 Å². The highest BCUT2D eigenvalue weighted by atomic mass is 32.2. The number of pyridine rings is 1. The number of sulfonamides is 1. The van der Waals surface area contributed by atoms with Crippen molar-refractivity contribution in [2.75, 3.05) is 13.7 Å². The average Bonchev–Trinajstić information content (AvgIpc) is 3.13. The number of rotatable bonds is 7. The van der Waals surface area contributed by atoms with E-state index in [1.54, 1.807) is 0 Å². The zero-order valence-corrected chi connectivity index (χ0v) is 13.4. The Morgan fingerprint density at radius 1 is 1.30 bits per heavy atom. The van der Waals surface area contributed by atoms with E-state index >= 15 is 0 Å². The van der Waals surface area contributed by atoms with E-state index in [1.807, 2.05) is 35.0 Å². The Morgan fingerprint density at radius 2 is 2.17 bits per heavy atom. The fourth-order valence-electron chi connectivity index (χ4n) is 2.26. The highest BCUT2D eigenvalue weighted by Crippen LogP contribution is 2.09. The Labute approximate surface area is 133 Å². The third-order valence-electron chi connectivity index (χ3n) is 3.29. The van der Waals surface area contributed by atoms with Crippen LogP contribution in [0.1, 0.15) is 5.69 Å². The number of aromatic nitrogens is 4. The maximum absolute atomic E-state index is 12.3. The Balaban J connectivity index is 1.66. The van der Waals surface area contributed by atoms with Gasteiger partial charge in [-0.2, -0.15) is 5.10 Å². The van der Waals surface area contributed by atoms with E-state index in [4.69, 9.17) is 4.74 Å². The monoisotopic (exact) mass is 335 g/mol. The third kappa shape index (κ3) is 3.41. The van der Waals surface area contributed by atoms with E-state index in [0.717, 1.165) is 11.3 Å². The van der Waals surface area contributed by atoms with Crippen molar-refractivity contribution in [1.82, 2.24) is 23.9 Å². The predicted molar refractivity (Wildman–Crippen MR) is 83.3 cm³/mol. The molecule has 0 saturated heterocycles. The normalized spacial score (nSPS) is 12.0. The quantitative estimate of drug-likeness (QED) is 0.685. The van der Waals surface area contributed by atoms with Crippen LogP contribution in [-0.2, 0) is 27.9 Å². The second kappa shape index (κ2) is 6.49. The molecule has 3 aromatic heterocycles. The van der Waals surface area contributed by atoms with Crippen molar-refractivity contribution < 1.29 is 13.2 Å². The summed E-state index contributed by atoms with van der Waals surface area (Å²) in [6.07, 6.45) is 5.72. The topological polar surface area (TPSA) is 90.5 Å². The van der Waals surface area contributed by atoms with Gasteiger partial charge in [-0.15, -0.1) is 0 Å². The molecule has 3 aromatic rings. The molecule has 0 spiro atoms.